The Morgan fingerprint density at radius 2 is 1.86 bits per heavy atom. The standard InChI is InChI=1S/C26H25N7O3S/c1-16-13-21(32-31-16)30-23(35)15-37-26-29-19-10-6-5-9-18(19)24-28-20(25(36)33(24)26)11-12-22(34)27-14-17-7-3-2-4-8-17/h2-10,13,20H,11-12,14-15H2,1H3,(H,27,34)(H2,30,31,32,35)/t20-/m0/s1. The van der Waals surface area contributed by atoms with Crippen molar-refractivity contribution < 1.29 is 14.4 Å². The van der Waals surface area contributed by atoms with Crippen LogP contribution in [0.1, 0.15) is 29.7 Å². The normalized spacial score (nSPS) is 16.0. The van der Waals surface area contributed by atoms with E-state index >= 15 is 0 Å². The molecule has 0 bridgehead atoms. The Bertz CT molecular complexity index is 1400. The van der Waals surface area contributed by atoms with Gasteiger partial charge in [0.25, 0.3) is 5.91 Å². The number of nitrogens with one attached hydrogen (secondary N) is 3. The SMILES string of the molecule is Cc1cc(NC(=O)CSC2=Nc3ccccc3C3=N[C@@H](CCC(=O)NCc4ccccc4)C(=O)N23)n[nH]1. The summed E-state index contributed by atoms with van der Waals surface area (Å²) in [6.07, 6.45) is 0.444. The Morgan fingerprint density at radius 3 is 2.65 bits per heavy atom. The maximum Gasteiger partial charge on any atom is 0.259 e. The summed E-state index contributed by atoms with van der Waals surface area (Å²) in [7, 11) is 0. The molecule has 0 spiro atoms. The van der Waals surface area contributed by atoms with Crippen molar-refractivity contribution in [3.05, 3.63) is 77.5 Å². The van der Waals surface area contributed by atoms with Gasteiger partial charge in [-0.3, -0.25) is 24.5 Å². The highest BCUT2D eigenvalue weighted by atomic mass is 32.2. The third kappa shape index (κ3) is 5.61. The number of H-pyrrole nitrogens is 1. The Morgan fingerprint density at radius 1 is 1.08 bits per heavy atom. The average Bonchev–Trinajstić information content (AvgIpc) is 3.47. The van der Waals surface area contributed by atoms with Crippen molar-refractivity contribution in [2.75, 3.05) is 11.1 Å². The summed E-state index contributed by atoms with van der Waals surface area (Å²) in [5, 5.41) is 12.8. The van der Waals surface area contributed by atoms with E-state index in [-0.39, 0.29) is 36.3 Å². The number of fused-ring (bicyclic) bond motifs is 3. The maximum atomic E-state index is 13.4. The van der Waals surface area contributed by atoms with Gasteiger partial charge in [-0.05, 0) is 31.0 Å². The molecule has 1 aromatic heterocycles. The summed E-state index contributed by atoms with van der Waals surface area (Å²) in [4.78, 5) is 49.0. The fraction of sp³-hybridized carbons (Fsp3) is 0.231. The number of nitrogens with zero attached hydrogens (tertiary/aromatic N) is 4. The second-order valence-corrected chi connectivity index (χ2v) is 9.57. The predicted octanol–water partition coefficient (Wildman–Crippen LogP) is 3.15. The highest BCUT2D eigenvalue weighted by molar-refractivity contribution is 8.14. The van der Waals surface area contributed by atoms with E-state index in [0.29, 0.717) is 29.1 Å². The summed E-state index contributed by atoms with van der Waals surface area (Å²) in [6.45, 7) is 2.27. The van der Waals surface area contributed by atoms with Crippen molar-refractivity contribution >= 4 is 52.0 Å². The number of aromatic nitrogens is 2. The topological polar surface area (TPSA) is 132 Å². The van der Waals surface area contributed by atoms with Crippen LogP contribution in [-0.4, -0.2) is 55.6 Å². The van der Waals surface area contributed by atoms with Crippen molar-refractivity contribution in [3.63, 3.8) is 0 Å². The molecular formula is C26H25N7O3S. The zero-order valence-corrected chi connectivity index (χ0v) is 20.9. The van der Waals surface area contributed by atoms with Gasteiger partial charge in [-0.1, -0.05) is 54.2 Å². The van der Waals surface area contributed by atoms with Crippen LogP contribution < -0.4 is 10.6 Å². The summed E-state index contributed by atoms with van der Waals surface area (Å²) >= 11 is 1.15. The lowest BCUT2D eigenvalue weighted by Gasteiger charge is -2.25. The first-order valence-electron chi connectivity index (χ1n) is 11.8. The molecule has 0 radical (unpaired) electrons. The highest BCUT2D eigenvalue weighted by Gasteiger charge is 2.41. The maximum absolute atomic E-state index is 13.4. The third-order valence-corrected chi connectivity index (χ3v) is 6.77. The molecule has 5 rings (SSSR count). The van der Waals surface area contributed by atoms with Gasteiger partial charge >= 0.3 is 0 Å². The molecule has 2 aliphatic heterocycles. The lowest BCUT2D eigenvalue weighted by molar-refractivity contribution is -0.125. The second kappa shape index (κ2) is 10.8. The molecular weight excluding hydrogens is 490 g/mol. The molecule has 3 aromatic rings. The van der Waals surface area contributed by atoms with E-state index in [0.717, 1.165) is 28.6 Å². The lowest BCUT2D eigenvalue weighted by atomic mass is 10.1. The number of thioether (sulfide) groups is 1. The van der Waals surface area contributed by atoms with E-state index < -0.39 is 6.04 Å². The molecule has 3 N–H and O–H groups in total. The molecule has 0 saturated heterocycles. The molecule has 3 heterocycles. The minimum atomic E-state index is -0.699. The first kappa shape index (κ1) is 24.4. The van der Waals surface area contributed by atoms with Gasteiger partial charge in [0, 0.05) is 30.3 Å². The van der Waals surface area contributed by atoms with Crippen LogP contribution in [0.15, 0.2) is 70.6 Å². The number of aliphatic imine (C=N–C) groups is 2. The Balaban J connectivity index is 1.24. The largest absolute Gasteiger partial charge is 0.352 e. The summed E-state index contributed by atoms with van der Waals surface area (Å²) in [5.41, 5.74) is 3.26. The van der Waals surface area contributed by atoms with Crippen molar-refractivity contribution in [2.24, 2.45) is 9.98 Å². The molecule has 2 aromatic carbocycles. The molecule has 0 unspecified atom stereocenters. The van der Waals surface area contributed by atoms with Crippen LogP contribution in [0.5, 0.6) is 0 Å². The summed E-state index contributed by atoms with van der Waals surface area (Å²) in [5.74, 6) is 0.303. The Hall–Kier alpha value is -4.25. The summed E-state index contributed by atoms with van der Waals surface area (Å²) in [6, 6.07) is 18.1. The predicted molar refractivity (Wildman–Crippen MR) is 143 cm³/mol. The van der Waals surface area contributed by atoms with Crippen LogP contribution in [0.3, 0.4) is 0 Å². The number of amidine groups is 2. The number of carbonyl (C=O) groups is 3. The van der Waals surface area contributed by atoms with Crippen LogP contribution in [0.4, 0.5) is 11.5 Å². The smallest absolute Gasteiger partial charge is 0.259 e. The fourth-order valence-electron chi connectivity index (χ4n) is 4.03. The summed E-state index contributed by atoms with van der Waals surface area (Å²) < 4.78 is 0. The average molecular weight is 516 g/mol. The van der Waals surface area contributed by atoms with Gasteiger partial charge in [-0.15, -0.1) is 0 Å². The molecule has 0 aliphatic carbocycles. The highest BCUT2D eigenvalue weighted by Crippen LogP contribution is 2.34. The van der Waals surface area contributed by atoms with Gasteiger partial charge in [0.15, 0.2) is 11.0 Å². The number of aryl methyl sites for hydroxylation is 1. The van der Waals surface area contributed by atoms with E-state index in [4.69, 9.17) is 0 Å². The van der Waals surface area contributed by atoms with Crippen molar-refractivity contribution in [1.29, 1.82) is 0 Å². The van der Waals surface area contributed by atoms with E-state index in [1.54, 1.807) is 6.07 Å². The number of amides is 3. The molecule has 11 heteroatoms. The van der Waals surface area contributed by atoms with Crippen LogP contribution in [0.2, 0.25) is 0 Å². The number of aromatic amines is 1. The van der Waals surface area contributed by atoms with Gasteiger partial charge in [0.05, 0.1) is 11.4 Å². The molecule has 0 saturated carbocycles. The van der Waals surface area contributed by atoms with Crippen molar-refractivity contribution in [1.82, 2.24) is 20.4 Å². The van der Waals surface area contributed by atoms with Gasteiger partial charge in [-0.25, -0.2) is 9.89 Å². The monoisotopic (exact) mass is 515 g/mol. The third-order valence-electron chi connectivity index (χ3n) is 5.83. The lowest BCUT2D eigenvalue weighted by Crippen LogP contribution is -2.41. The minimum Gasteiger partial charge on any atom is -0.352 e. The molecule has 2 aliphatic rings. The van der Waals surface area contributed by atoms with E-state index in [9.17, 15) is 14.4 Å². The van der Waals surface area contributed by atoms with Crippen LogP contribution in [0.25, 0.3) is 0 Å². The van der Waals surface area contributed by atoms with Crippen LogP contribution >= 0.6 is 11.8 Å². The molecule has 188 valence electrons. The Labute approximate surface area is 217 Å². The van der Waals surface area contributed by atoms with E-state index in [1.807, 2.05) is 61.5 Å². The van der Waals surface area contributed by atoms with Gasteiger partial charge in [-0.2, -0.15) is 5.10 Å². The Kier molecular flexibility index (Phi) is 7.13. The number of benzene rings is 2. The molecule has 37 heavy (non-hydrogen) atoms. The number of anilines is 1. The fourth-order valence-corrected chi connectivity index (χ4v) is 4.83. The zero-order valence-electron chi connectivity index (χ0n) is 20.1. The van der Waals surface area contributed by atoms with Gasteiger partial charge < -0.3 is 10.6 Å². The van der Waals surface area contributed by atoms with Crippen molar-refractivity contribution in [2.45, 2.75) is 32.4 Å². The molecule has 1 atom stereocenters. The van der Waals surface area contributed by atoms with Gasteiger partial charge in [0.2, 0.25) is 11.8 Å². The van der Waals surface area contributed by atoms with E-state index in [1.165, 1.54) is 4.90 Å². The van der Waals surface area contributed by atoms with Gasteiger partial charge in [0.1, 0.15) is 11.9 Å². The molecule has 0 fully saturated rings. The number of para-hydroxylation sites is 1. The van der Waals surface area contributed by atoms with Crippen LogP contribution in [0, 0.1) is 6.92 Å². The quantitative estimate of drug-likeness (QED) is 0.424. The van der Waals surface area contributed by atoms with Crippen molar-refractivity contribution in [3.8, 4) is 0 Å². The number of carbonyl (C=O) groups excluding carboxylic acids is 3. The zero-order chi connectivity index (χ0) is 25.8. The van der Waals surface area contributed by atoms with Crippen LogP contribution in [-0.2, 0) is 20.9 Å². The molecule has 10 nitrogen and oxygen atoms in total. The minimum absolute atomic E-state index is 0.0382. The number of hydrogen-bond donors (Lipinski definition) is 3. The number of rotatable bonds is 8. The van der Waals surface area contributed by atoms with E-state index in [2.05, 4.69) is 30.8 Å². The second-order valence-electron chi connectivity index (χ2n) is 8.63. The number of hydrogen-bond acceptors (Lipinski definition) is 7. The molecule has 3 amide bonds. The first-order chi connectivity index (χ1) is 18.0. The first-order valence-corrected chi connectivity index (χ1v) is 12.8.